The van der Waals surface area contributed by atoms with Crippen LogP contribution in [0.5, 0.6) is 0 Å². The number of carbonyl (C=O) groups excluding carboxylic acids is 2. The van der Waals surface area contributed by atoms with Gasteiger partial charge in [0.1, 0.15) is 0 Å². The van der Waals surface area contributed by atoms with Crippen LogP contribution in [-0.4, -0.2) is 85.4 Å². The van der Waals surface area contributed by atoms with Gasteiger partial charge >= 0.3 is 0 Å². The third-order valence-electron chi connectivity index (χ3n) is 5.97. The molecular formula is C19H36Cl2N4O2. The van der Waals surface area contributed by atoms with E-state index in [1.54, 1.807) is 0 Å². The highest BCUT2D eigenvalue weighted by molar-refractivity contribution is 5.85. The molecule has 8 heteroatoms. The lowest BCUT2D eigenvalue weighted by molar-refractivity contribution is -0.135. The van der Waals surface area contributed by atoms with Crippen LogP contribution in [0.3, 0.4) is 0 Å². The third kappa shape index (κ3) is 7.76. The largest absolute Gasteiger partial charge is 0.342 e. The molecule has 0 aromatic heterocycles. The molecule has 3 fully saturated rings. The molecule has 3 aliphatic rings. The van der Waals surface area contributed by atoms with Crippen molar-refractivity contribution < 1.29 is 9.59 Å². The van der Waals surface area contributed by atoms with Crippen molar-refractivity contribution in [3.05, 3.63) is 0 Å². The Morgan fingerprint density at radius 2 is 1.44 bits per heavy atom. The summed E-state index contributed by atoms with van der Waals surface area (Å²) in [5.74, 6) is 1.25. The van der Waals surface area contributed by atoms with Gasteiger partial charge in [-0.25, -0.2) is 0 Å². The van der Waals surface area contributed by atoms with Crippen molar-refractivity contribution in [1.82, 2.24) is 20.0 Å². The molecule has 0 aliphatic carbocycles. The highest BCUT2D eigenvalue weighted by Crippen LogP contribution is 2.16. The average molecular weight is 423 g/mol. The predicted octanol–water partition coefficient (Wildman–Crippen LogP) is 1.77. The maximum atomic E-state index is 12.5. The van der Waals surface area contributed by atoms with Crippen LogP contribution in [0.25, 0.3) is 0 Å². The third-order valence-corrected chi connectivity index (χ3v) is 5.97. The molecule has 1 atom stereocenters. The molecule has 1 unspecified atom stereocenters. The van der Waals surface area contributed by atoms with Crippen LogP contribution in [0.2, 0.25) is 0 Å². The lowest BCUT2D eigenvalue weighted by Gasteiger charge is -2.35. The first-order valence-corrected chi connectivity index (χ1v) is 10.2. The molecule has 6 nitrogen and oxygen atoms in total. The first kappa shape index (κ1) is 24.5. The molecule has 0 aromatic rings. The zero-order valence-electron chi connectivity index (χ0n) is 16.4. The van der Waals surface area contributed by atoms with Crippen LogP contribution in [0, 0.1) is 5.92 Å². The first-order valence-electron chi connectivity index (χ1n) is 10.2. The van der Waals surface area contributed by atoms with E-state index in [0.29, 0.717) is 24.8 Å². The Morgan fingerprint density at radius 1 is 0.815 bits per heavy atom. The van der Waals surface area contributed by atoms with Gasteiger partial charge in [0, 0.05) is 45.7 Å². The van der Waals surface area contributed by atoms with Crippen molar-refractivity contribution in [2.24, 2.45) is 5.92 Å². The van der Waals surface area contributed by atoms with Gasteiger partial charge in [0.05, 0.1) is 6.54 Å². The van der Waals surface area contributed by atoms with E-state index in [0.717, 1.165) is 71.6 Å². The van der Waals surface area contributed by atoms with E-state index >= 15 is 0 Å². The summed E-state index contributed by atoms with van der Waals surface area (Å²) >= 11 is 0. The molecule has 0 aromatic carbocycles. The Bertz CT molecular complexity index is 445. The van der Waals surface area contributed by atoms with E-state index in [1.807, 2.05) is 9.80 Å². The number of halogens is 2. The highest BCUT2D eigenvalue weighted by Gasteiger charge is 2.25. The summed E-state index contributed by atoms with van der Waals surface area (Å²) < 4.78 is 0. The van der Waals surface area contributed by atoms with Crippen LogP contribution in [0.4, 0.5) is 0 Å². The van der Waals surface area contributed by atoms with Gasteiger partial charge in [0.25, 0.3) is 0 Å². The molecule has 2 amide bonds. The predicted molar refractivity (Wildman–Crippen MR) is 113 cm³/mol. The summed E-state index contributed by atoms with van der Waals surface area (Å²) in [5.41, 5.74) is 0. The van der Waals surface area contributed by atoms with E-state index < -0.39 is 0 Å². The molecule has 0 radical (unpaired) electrons. The second kappa shape index (κ2) is 12.8. The summed E-state index contributed by atoms with van der Waals surface area (Å²) in [6.07, 6.45) is 7.69. The van der Waals surface area contributed by atoms with E-state index in [4.69, 9.17) is 0 Å². The van der Waals surface area contributed by atoms with E-state index in [1.165, 1.54) is 19.3 Å². The molecule has 0 bridgehead atoms. The average Bonchev–Trinajstić information content (AvgIpc) is 3.00. The van der Waals surface area contributed by atoms with Gasteiger partial charge in [-0.1, -0.05) is 12.8 Å². The standard InChI is InChI=1S/C19H34N4O2.2ClH/c24-18(6-5-17-7-8-20-15-17)23-13-11-21(12-14-23)16-19(25)22-9-3-1-2-4-10-22;;/h17,20H,1-16H2;2*1H. The molecule has 3 rings (SSSR count). The van der Waals surface area contributed by atoms with Crippen LogP contribution in [0.1, 0.15) is 44.9 Å². The number of amides is 2. The van der Waals surface area contributed by atoms with Gasteiger partial charge in [-0.2, -0.15) is 0 Å². The fourth-order valence-corrected chi connectivity index (χ4v) is 4.21. The summed E-state index contributed by atoms with van der Waals surface area (Å²) in [4.78, 5) is 31.1. The summed E-state index contributed by atoms with van der Waals surface area (Å²) in [5, 5.41) is 3.36. The van der Waals surface area contributed by atoms with Gasteiger partial charge in [-0.05, 0) is 44.7 Å². The number of piperazine rings is 1. The minimum absolute atomic E-state index is 0. The lowest BCUT2D eigenvalue weighted by atomic mass is 10.0. The number of likely N-dealkylation sites (tertiary alicyclic amines) is 1. The van der Waals surface area contributed by atoms with E-state index in [2.05, 4.69) is 10.2 Å². The second-order valence-corrected chi connectivity index (χ2v) is 7.85. The van der Waals surface area contributed by atoms with Crippen LogP contribution in [-0.2, 0) is 9.59 Å². The SMILES string of the molecule is Cl.Cl.O=C(CCC1CCNC1)N1CCN(CC(=O)N2CCCCCC2)CC1. The number of rotatable bonds is 5. The van der Waals surface area contributed by atoms with Crippen molar-refractivity contribution in [2.75, 3.05) is 58.9 Å². The van der Waals surface area contributed by atoms with Gasteiger partial charge in [0.15, 0.2) is 0 Å². The van der Waals surface area contributed by atoms with Crippen LogP contribution < -0.4 is 5.32 Å². The molecule has 3 aliphatic heterocycles. The first-order chi connectivity index (χ1) is 12.2. The Balaban J connectivity index is 0.00000182. The molecule has 1 N–H and O–H groups in total. The Hall–Kier alpha value is -0.560. The smallest absolute Gasteiger partial charge is 0.236 e. The van der Waals surface area contributed by atoms with E-state index in [9.17, 15) is 9.59 Å². The lowest BCUT2D eigenvalue weighted by Crippen LogP contribution is -2.51. The maximum absolute atomic E-state index is 12.5. The zero-order valence-corrected chi connectivity index (χ0v) is 18.0. The summed E-state index contributed by atoms with van der Waals surface area (Å²) in [6, 6.07) is 0. The fraction of sp³-hybridized carbons (Fsp3) is 0.895. The van der Waals surface area contributed by atoms with Crippen molar-refractivity contribution >= 4 is 36.6 Å². The highest BCUT2D eigenvalue weighted by atomic mass is 35.5. The fourth-order valence-electron chi connectivity index (χ4n) is 4.21. The van der Waals surface area contributed by atoms with Gasteiger partial charge in [-0.3, -0.25) is 14.5 Å². The molecule has 3 heterocycles. The molecule has 3 saturated heterocycles. The van der Waals surface area contributed by atoms with Crippen LogP contribution >= 0.6 is 24.8 Å². The topological polar surface area (TPSA) is 55.9 Å². The summed E-state index contributed by atoms with van der Waals surface area (Å²) in [6.45, 7) is 7.75. The van der Waals surface area contributed by atoms with Crippen molar-refractivity contribution in [2.45, 2.75) is 44.9 Å². The monoisotopic (exact) mass is 422 g/mol. The number of carbonyl (C=O) groups is 2. The number of nitrogens with zero attached hydrogens (tertiary/aromatic N) is 3. The normalized spacial score (nSPS) is 23.9. The van der Waals surface area contributed by atoms with E-state index in [-0.39, 0.29) is 30.7 Å². The summed E-state index contributed by atoms with van der Waals surface area (Å²) in [7, 11) is 0. The Labute approximate surface area is 176 Å². The quantitative estimate of drug-likeness (QED) is 0.733. The minimum Gasteiger partial charge on any atom is -0.342 e. The molecule has 158 valence electrons. The van der Waals surface area contributed by atoms with Crippen LogP contribution in [0.15, 0.2) is 0 Å². The Kier molecular flexibility index (Phi) is 11.6. The van der Waals surface area contributed by atoms with Crippen molar-refractivity contribution in [3.8, 4) is 0 Å². The minimum atomic E-state index is 0. The van der Waals surface area contributed by atoms with Gasteiger partial charge < -0.3 is 15.1 Å². The van der Waals surface area contributed by atoms with Crippen molar-refractivity contribution in [3.63, 3.8) is 0 Å². The molecule has 27 heavy (non-hydrogen) atoms. The zero-order chi connectivity index (χ0) is 17.5. The van der Waals surface area contributed by atoms with Gasteiger partial charge in [0.2, 0.25) is 11.8 Å². The Morgan fingerprint density at radius 3 is 2.04 bits per heavy atom. The number of nitrogens with one attached hydrogen (secondary N) is 1. The molecule has 0 saturated carbocycles. The van der Waals surface area contributed by atoms with Gasteiger partial charge in [-0.15, -0.1) is 24.8 Å². The number of hydrogen-bond donors (Lipinski definition) is 1. The molecule has 0 spiro atoms. The van der Waals surface area contributed by atoms with Crippen molar-refractivity contribution in [1.29, 1.82) is 0 Å². The molecular weight excluding hydrogens is 387 g/mol. The second-order valence-electron chi connectivity index (χ2n) is 7.85. The maximum Gasteiger partial charge on any atom is 0.236 e. The number of hydrogen-bond acceptors (Lipinski definition) is 4.